The highest BCUT2D eigenvalue weighted by atomic mass is 19.1. The van der Waals surface area contributed by atoms with E-state index in [-0.39, 0.29) is 18.1 Å². The molecule has 120 valence electrons. The summed E-state index contributed by atoms with van der Waals surface area (Å²) in [6.45, 7) is 0.283. The van der Waals surface area contributed by atoms with Gasteiger partial charge in [-0.2, -0.15) is 0 Å². The fourth-order valence-electron chi connectivity index (χ4n) is 2.63. The van der Waals surface area contributed by atoms with Crippen molar-refractivity contribution in [2.24, 2.45) is 0 Å². The van der Waals surface area contributed by atoms with Crippen LogP contribution in [0.3, 0.4) is 0 Å². The Kier molecular flexibility index (Phi) is 5.14. The first-order valence-corrected chi connectivity index (χ1v) is 7.86. The predicted molar refractivity (Wildman–Crippen MR) is 93.2 cm³/mol. The molecule has 3 aromatic rings. The topological polar surface area (TPSA) is 29.1 Å². The molecule has 0 fully saturated rings. The Balaban J connectivity index is 1.86. The molecule has 3 heteroatoms. The highest BCUT2D eigenvalue weighted by Gasteiger charge is 2.21. The van der Waals surface area contributed by atoms with Crippen molar-refractivity contribution in [3.8, 4) is 0 Å². The number of carbonyl (C=O) groups excluding carboxylic acids is 1. The van der Waals surface area contributed by atoms with Crippen molar-refractivity contribution in [2.45, 2.75) is 12.6 Å². The zero-order chi connectivity index (χ0) is 16.8. The van der Waals surface area contributed by atoms with Gasteiger partial charge < -0.3 is 0 Å². The molecular formula is C21H18FNO. The van der Waals surface area contributed by atoms with E-state index in [0.717, 1.165) is 5.56 Å². The van der Waals surface area contributed by atoms with Gasteiger partial charge in [0, 0.05) is 17.7 Å². The van der Waals surface area contributed by atoms with E-state index < -0.39 is 6.04 Å². The molecule has 0 heterocycles. The van der Waals surface area contributed by atoms with Gasteiger partial charge in [-0.3, -0.25) is 10.1 Å². The van der Waals surface area contributed by atoms with Crippen molar-refractivity contribution < 1.29 is 9.18 Å². The van der Waals surface area contributed by atoms with Crippen LogP contribution in [0.2, 0.25) is 0 Å². The zero-order valence-electron chi connectivity index (χ0n) is 13.2. The smallest absolute Gasteiger partial charge is 0.184 e. The molecule has 0 spiro atoms. The largest absolute Gasteiger partial charge is 0.299 e. The van der Waals surface area contributed by atoms with Crippen LogP contribution in [-0.2, 0) is 6.54 Å². The van der Waals surface area contributed by atoms with E-state index in [4.69, 9.17) is 0 Å². The summed E-state index contributed by atoms with van der Waals surface area (Å²) in [6.07, 6.45) is 0. The Labute approximate surface area is 141 Å². The first-order chi connectivity index (χ1) is 11.8. The molecule has 0 bridgehead atoms. The normalized spacial score (nSPS) is 11.9. The number of carbonyl (C=O) groups is 1. The number of ketones is 1. The van der Waals surface area contributed by atoms with Crippen LogP contribution in [0.4, 0.5) is 4.39 Å². The van der Waals surface area contributed by atoms with Gasteiger partial charge in [0.2, 0.25) is 0 Å². The second-order valence-electron chi connectivity index (χ2n) is 5.55. The van der Waals surface area contributed by atoms with Gasteiger partial charge in [0.25, 0.3) is 0 Å². The van der Waals surface area contributed by atoms with E-state index in [0.29, 0.717) is 11.1 Å². The van der Waals surface area contributed by atoms with Crippen molar-refractivity contribution in [3.05, 3.63) is 107 Å². The van der Waals surface area contributed by atoms with Crippen LogP contribution >= 0.6 is 0 Å². The number of nitrogens with one attached hydrogen (secondary N) is 1. The Morgan fingerprint density at radius 1 is 0.833 bits per heavy atom. The molecule has 0 aliphatic heterocycles. The Morgan fingerprint density at radius 3 is 2.08 bits per heavy atom. The molecule has 0 aliphatic rings. The summed E-state index contributed by atoms with van der Waals surface area (Å²) in [7, 11) is 0. The summed E-state index contributed by atoms with van der Waals surface area (Å²) >= 11 is 0. The maximum absolute atomic E-state index is 13.8. The monoisotopic (exact) mass is 319 g/mol. The Morgan fingerprint density at radius 2 is 1.42 bits per heavy atom. The minimum Gasteiger partial charge on any atom is -0.299 e. The minimum atomic E-state index is -0.520. The van der Waals surface area contributed by atoms with Gasteiger partial charge in [0.05, 0.1) is 6.04 Å². The third-order valence-corrected chi connectivity index (χ3v) is 3.91. The predicted octanol–water partition coefficient (Wildman–Crippen LogP) is 4.54. The molecule has 0 radical (unpaired) electrons. The maximum atomic E-state index is 13.8. The van der Waals surface area contributed by atoms with E-state index >= 15 is 0 Å². The SMILES string of the molecule is O=C(c1ccccc1)C(NCc1ccccc1F)c1ccccc1. The number of benzene rings is 3. The van der Waals surface area contributed by atoms with E-state index in [1.165, 1.54) is 6.07 Å². The van der Waals surface area contributed by atoms with Crippen molar-refractivity contribution in [2.75, 3.05) is 0 Å². The van der Waals surface area contributed by atoms with E-state index in [9.17, 15) is 9.18 Å². The number of hydrogen-bond donors (Lipinski definition) is 1. The van der Waals surface area contributed by atoms with Gasteiger partial charge in [-0.05, 0) is 11.6 Å². The number of hydrogen-bond acceptors (Lipinski definition) is 2. The molecule has 0 amide bonds. The van der Waals surface area contributed by atoms with Crippen LogP contribution in [0.5, 0.6) is 0 Å². The molecule has 0 aromatic heterocycles. The quantitative estimate of drug-likeness (QED) is 0.676. The van der Waals surface area contributed by atoms with Crippen molar-refractivity contribution in [1.29, 1.82) is 0 Å². The Hall–Kier alpha value is -2.78. The van der Waals surface area contributed by atoms with E-state index in [1.54, 1.807) is 30.3 Å². The molecule has 24 heavy (non-hydrogen) atoms. The van der Waals surface area contributed by atoms with Gasteiger partial charge >= 0.3 is 0 Å². The minimum absolute atomic E-state index is 0.0295. The van der Waals surface area contributed by atoms with Crippen LogP contribution in [-0.4, -0.2) is 5.78 Å². The highest BCUT2D eigenvalue weighted by molar-refractivity contribution is 6.00. The van der Waals surface area contributed by atoms with Gasteiger partial charge in [-0.1, -0.05) is 78.9 Å². The fraction of sp³-hybridized carbons (Fsp3) is 0.0952. The van der Waals surface area contributed by atoms with Crippen LogP contribution in [0, 0.1) is 5.82 Å². The number of Topliss-reactive ketones (excluding diaryl/α,β-unsaturated/α-hetero) is 1. The molecule has 3 rings (SSSR count). The summed E-state index contributed by atoms with van der Waals surface area (Å²) < 4.78 is 13.8. The molecule has 1 N–H and O–H groups in total. The molecule has 2 nitrogen and oxygen atoms in total. The average molecular weight is 319 g/mol. The lowest BCUT2D eigenvalue weighted by molar-refractivity contribution is 0.0942. The third-order valence-electron chi connectivity index (χ3n) is 3.91. The van der Waals surface area contributed by atoms with Crippen molar-refractivity contribution in [1.82, 2.24) is 5.32 Å². The standard InChI is InChI=1S/C21H18FNO/c22-19-14-8-7-13-18(19)15-23-20(16-9-3-1-4-10-16)21(24)17-11-5-2-6-12-17/h1-14,20,23H,15H2. The lowest BCUT2D eigenvalue weighted by atomic mass is 9.97. The zero-order valence-corrected chi connectivity index (χ0v) is 13.2. The fourth-order valence-corrected chi connectivity index (χ4v) is 2.63. The molecule has 0 saturated carbocycles. The summed E-state index contributed by atoms with van der Waals surface area (Å²) in [6, 6.07) is 24.7. The van der Waals surface area contributed by atoms with Gasteiger partial charge in [0.1, 0.15) is 5.82 Å². The van der Waals surface area contributed by atoms with Gasteiger partial charge in [0.15, 0.2) is 5.78 Å². The summed E-state index contributed by atoms with van der Waals surface area (Å²) in [5.74, 6) is -0.304. The van der Waals surface area contributed by atoms with Crippen molar-refractivity contribution in [3.63, 3.8) is 0 Å². The highest BCUT2D eigenvalue weighted by Crippen LogP contribution is 2.19. The molecule has 0 aliphatic carbocycles. The first kappa shape index (κ1) is 16.1. The second-order valence-corrected chi connectivity index (χ2v) is 5.55. The molecule has 1 atom stereocenters. The lowest BCUT2D eigenvalue weighted by Crippen LogP contribution is -2.28. The lowest BCUT2D eigenvalue weighted by Gasteiger charge is -2.18. The third kappa shape index (κ3) is 3.76. The van der Waals surface area contributed by atoms with Crippen LogP contribution in [0.15, 0.2) is 84.9 Å². The van der Waals surface area contributed by atoms with E-state index in [2.05, 4.69) is 5.32 Å². The average Bonchev–Trinajstić information content (AvgIpc) is 2.65. The Bertz CT molecular complexity index is 802. The summed E-state index contributed by atoms with van der Waals surface area (Å²) in [5, 5.41) is 3.20. The summed E-state index contributed by atoms with van der Waals surface area (Å²) in [5.41, 5.74) is 2.04. The molecule has 3 aromatic carbocycles. The number of rotatable bonds is 6. The van der Waals surface area contributed by atoms with E-state index in [1.807, 2.05) is 48.5 Å². The molecular weight excluding hydrogens is 301 g/mol. The molecule has 0 saturated heterocycles. The van der Waals surface area contributed by atoms with Crippen LogP contribution in [0.1, 0.15) is 27.5 Å². The van der Waals surface area contributed by atoms with Crippen LogP contribution in [0.25, 0.3) is 0 Å². The molecule has 1 unspecified atom stereocenters. The second kappa shape index (κ2) is 7.66. The maximum Gasteiger partial charge on any atom is 0.184 e. The van der Waals surface area contributed by atoms with Gasteiger partial charge in [-0.25, -0.2) is 4.39 Å². The van der Waals surface area contributed by atoms with Crippen LogP contribution < -0.4 is 5.32 Å². The van der Waals surface area contributed by atoms with Crippen molar-refractivity contribution >= 4 is 5.78 Å². The van der Waals surface area contributed by atoms with Gasteiger partial charge in [-0.15, -0.1) is 0 Å². The first-order valence-electron chi connectivity index (χ1n) is 7.86. The number of halogens is 1. The summed E-state index contributed by atoms with van der Waals surface area (Å²) in [4.78, 5) is 12.9.